The zero-order valence-corrected chi connectivity index (χ0v) is 21.6. The van der Waals surface area contributed by atoms with E-state index in [0.29, 0.717) is 5.69 Å². The molecule has 6 heteroatoms. The largest absolute Gasteiger partial charge is 0.369 e. The zero-order valence-electron chi connectivity index (χ0n) is 21.6. The number of pyridine rings is 1. The topological polar surface area (TPSA) is 65.5 Å². The highest BCUT2D eigenvalue weighted by molar-refractivity contribution is 6.41. The van der Waals surface area contributed by atoms with Crippen molar-refractivity contribution in [2.24, 2.45) is 5.92 Å². The summed E-state index contributed by atoms with van der Waals surface area (Å²) in [6.07, 6.45) is 7.94. The maximum atomic E-state index is 12.7. The third-order valence-electron chi connectivity index (χ3n) is 8.13. The number of carbonyl (C=O) groups excluding carboxylic acids is 2. The van der Waals surface area contributed by atoms with E-state index in [2.05, 4.69) is 69.5 Å². The van der Waals surface area contributed by atoms with Gasteiger partial charge in [-0.1, -0.05) is 37.3 Å². The average Bonchev–Trinajstić information content (AvgIpc) is 2.95. The van der Waals surface area contributed by atoms with E-state index in [1.807, 2.05) is 12.1 Å². The molecule has 1 N–H and O–H groups in total. The molecule has 0 spiro atoms. The molecule has 1 aliphatic heterocycles. The quantitative estimate of drug-likeness (QED) is 0.463. The summed E-state index contributed by atoms with van der Waals surface area (Å²) in [5.41, 5.74) is 3.96. The number of amides is 1. The zero-order chi connectivity index (χ0) is 25.7. The number of para-hydroxylation sites is 1. The number of anilines is 2. The van der Waals surface area contributed by atoms with Gasteiger partial charge in [0.15, 0.2) is 0 Å². The van der Waals surface area contributed by atoms with Gasteiger partial charge >= 0.3 is 0 Å². The number of rotatable bonds is 7. The highest BCUT2D eigenvalue weighted by atomic mass is 16.2. The minimum atomic E-state index is -0.572. The molecule has 5 rings (SSSR count). The van der Waals surface area contributed by atoms with Gasteiger partial charge in [-0.3, -0.25) is 19.5 Å². The van der Waals surface area contributed by atoms with Crippen LogP contribution < -0.4 is 10.2 Å². The lowest BCUT2D eigenvalue weighted by Gasteiger charge is -2.51. The molecular weight excluding hydrogens is 460 g/mol. The van der Waals surface area contributed by atoms with Crippen molar-refractivity contribution in [1.29, 1.82) is 0 Å². The smallest absolute Gasteiger partial charge is 0.292 e. The second-order valence-corrected chi connectivity index (χ2v) is 10.5. The van der Waals surface area contributed by atoms with Crippen molar-refractivity contribution < 1.29 is 9.59 Å². The van der Waals surface area contributed by atoms with Crippen LogP contribution >= 0.6 is 0 Å². The number of nitrogens with zero attached hydrogens (tertiary/aromatic N) is 3. The van der Waals surface area contributed by atoms with E-state index in [0.717, 1.165) is 50.5 Å². The molecule has 37 heavy (non-hydrogen) atoms. The molecule has 1 aromatic heterocycles. The van der Waals surface area contributed by atoms with Crippen LogP contribution in [-0.2, 0) is 21.5 Å². The first-order chi connectivity index (χ1) is 18.0. The van der Waals surface area contributed by atoms with Crippen molar-refractivity contribution in [3.63, 3.8) is 0 Å². The Kier molecular flexibility index (Phi) is 7.65. The lowest BCUT2D eigenvalue weighted by Crippen LogP contribution is -2.56. The molecule has 1 aliphatic carbocycles. The Morgan fingerprint density at radius 1 is 0.919 bits per heavy atom. The highest BCUT2D eigenvalue weighted by Crippen LogP contribution is 2.45. The number of Topliss-reactive ketones (excluding diaryl/α,β-unsaturated/α-hetero) is 1. The molecule has 2 heterocycles. The summed E-state index contributed by atoms with van der Waals surface area (Å²) < 4.78 is 0. The SMILES string of the molecule is CC1CCC(c2cccc(NC(=O)C(=O)Cc3ccncc3)c2)(N2CCN(c3ccccc3)CC2)CC1. The molecule has 3 aromatic rings. The van der Waals surface area contributed by atoms with Crippen LogP contribution in [0.2, 0.25) is 0 Å². The van der Waals surface area contributed by atoms with E-state index < -0.39 is 11.7 Å². The summed E-state index contributed by atoms with van der Waals surface area (Å²) in [5, 5.41) is 2.87. The van der Waals surface area contributed by atoms with Crippen LogP contribution in [0.4, 0.5) is 11.4 Å². The number of hydrogen-bond acceptors (Lipinski definition) is 5. The number of ketones is 1. The Balaban J connectivity index is 1.32. The molecule has 0 bridgehead atoms. The van der Waals surface area contributed by atoms with Gasteiger partial charge in [0.25, 0.3) is 5.91 Å². The van der Waals surface area contributed by atoms with Gasteiger partial charge in [0, 0.05) is 61.9 Å². The molecule has 1 saturated heterocycles. The number of hydrogen-bond donors (Lipinski definition) is 1. The van der Waals surface area contributed by atoms with Crippen molar-refractivity contribution in [3.8, 4) is 0 Å². The first-order valence-corrected chi connectivity index (χ1v) is 13.4. The van der Waals surface area contributed by atoms with Crippen LogP contribution in [0.1, 0.15) is 43.7 Å². The van der Waals surface area contributed by atoms with Gasteiger partial charge in [0.05, 0.1) is 0 Å². The molecule has 1 saturated carbocycles. The molecule has 2 fully saturated rings. The second-order valence-electron chi connectivity index (χ2n) is 10.5. The number of carbonyl (C=O) groups is 2. The van der Waals surface area contributed by atoms with Gasteiger partial charge in [0.2, 0.25) is 5.78 Å². The fraction of sp³-hybridized carbons (Fsp3) is 0.387. The van der Waals surface area contributed by atoms with Gasteiger partial charge in [-0.05, 0) is 79.1 Å². The third-order valence-corrected chi connectivity index (χ3v) is 8.13. The standard InChI is InChI=1S/C31H36N4O2/c1-24-10-14-31(15-11-24,35-20-18-34(19-21-35)28-8-3-2-4-9-28)26-6-5-7-27(23-26)33-30(37)29(36)22-25-12-16-32-17-13-25/h2-9,12-13,16-17,23-24H,10-11,14-15,18-22H2,1H3,(H,33,37). The van der Waals surface area contributed by atoms with Crippen molar-refractivity contribution in [2.75, 3.05) is 36.4 Å². The maximum absolute atomic E-state index is 12.7. The number of piperazine rings is 1. The molecule has 0 unspecified atom stereocenters. The Bertz CT molecular complexity index is 1200. The van der Waals surface area contributed by atoms with Crippen molar-refractivity contribution in [2.45, 2.75) is 44.6 Å². The monoisotopic (exact) mass is 496 g/mol. The minimum absolute atomic E-state index is 0.0446. The molecular formula is C31H36N4O2. The fourth-order valence-electron chi connectivity index (χ4n) is 5.91. The van der Waals surface area contributed by atoms with Crippen LogP contribution in [0.15, 0.2) is 79.1 Å². The van der Waals surface area contributed by atoms with Crippen LogP contribution in [0.25, 0.3) is 0 Å². The van der Waals surface area contributed by atoms with E-state index >= 15 is 0 Å². The van der Waals surface area contributed by atoms with Crippen LogP contribution in [0, 0.1) is 5.92 Å². The van der Waals surface area contributed by atoms with Crippen molar-refractivity contribution >= 4 is 23.1 Å². The van der Waals surface area contributed by atoms with E-state index in [9.17, 15) is 9.59 Å². The first-order valence-electron chi connectivity index (χ1n) is 13.4. The van der Waals surface area contributed by atoms with Gasteiger partial charge in [-0.2, -0.15) is 0 Å². The lowest BCUT2D eigenvalue weighted by atomic mass is 9.71. The van der Waals surface area contributed by atoms with Gasteiger partial charge in [-0.25, -0.2) is 0 Å². The summed E-state index contributed by atoms with van der Waals surface area (Å²) in [7, 11) is 0. The van der Waals surface area contributed by atoms with Gasteiger partial charge in [-0.15, -0.1) is 0 Å². The molecule has 0 atom stereocenters. The number of aromatic nitrogens is 1. The molecule has 2 aliphatic rings. The molecule has 192 valence electrons. The summed E-state index contributed by atoms with van der Waals surface area (Å²) in [6.45, 7) is 6.36. The molecule has 2 aromatic carbocycles. The number of benzene rings is 2. The van der Waals surface area contributed by atoms with E-state index in [-0.39, 0.29) is 12.0 Å². The third kappa shape index (κ3) is 5.75. The number of nitrogens with one attached hydrogen (secondary N) is 1. The van der Waals surface area contributed by atoms with E-state index in [4.69, 9.17) is 0 Å². The highest BCUT2D eigenvalue weighted by Gasteiger charge is 2.42. The maximum Gasteiger partial charge on any atom is 0.292 e. The summed E-state index contributed by atoms with van der Waals surface area (Å²) in [4.78, 5) is 34.4. The predicted octanol–water partition coefficient (Wildman–Crippen LogP) is 5.06. The van der Waals surface area contributed by atoms with Crippen LogP contribution in [-0.4, -0.2) is 47.8 Å². The van der Waals surface area contributed by atoms with Crippen molar-refractivity contribution in [3.05, 3.63) is 90.3 Å². The summed E-state index contributed by atoms with van der Waals surface area (Å²) >= 11 is 0. The Hall–Kier alpha value is -3.51. The summed E-state index contributed by atoms with van der Waals surface area (Å²) in [5.74, 6) is -0.293. The Morgan fingerprint density at radius 3 is 2.32 bits per heavy atom. The fourth-order valence-corrected chi connectivity index (χ4v) is 5.91. The van der Waals surface area contributed by atoms with Gasteiger partial charge < -0.3 is 10.2 Å². The minimum Gasteiger partial charge on any atom is -0.369 e. The average molecular weight is 497 g/mol. The van der Waals surface area contributed by atoms with Crippen LogP contribution in [0.5, 0.6) is 0 Å². The Labute approximate surface area is 219 Å². The van der Waals surface area contributed by atoms with Crippen LogP contribution in [0.3, 0.4) is 0 Å². The molecule has 6 nitrogen and oxygen atoms in total. The molecule has 1 amide bonds. The van der Waals surface area contributed by atoms with E-state index in [1.54, 1.807) is 24.5 Å². The second kappa shape index (κ2) is 11.3. The summed E-state index contributed by atoms with van der Waals surface area (Å²) in [6, 6.07) is 22.4. The Morgan fingerprint density at radius 2 is 1.62 bits per heavy atom. The van der Waals surface area contributed by atoms with E-state index in [1.165, 1.54) is 24.1 Å². The normalized spacial score (nSPS) is 22.4. The first kappa shape index (κ1) is 25.2. The van der Waals surface area contributed by atoms with Crippen molar-refractivity contribution in [1.82, 2.24) is 9.88 Å². The molecule has 0 radical (unpaired) electrons. The predicted molar refractivity (Wildman–Crippen MR) is 148 cm³/mol. The lowest BCUT2D eigenvalue weighted by molar-refractivity contribution is -0.134. The van der Waals surface area contributed by atoms with Gasteiger partial charge in [0.1, 0.15) is 0 Å².